The van der Waals surface area contributed by atoms with Crippen LogP contribution in [0.3, 0.4) is 0 Å². The van der Waals surface area contributed by atoms with E-state index in [1.165, 1.54) is 20.0 Å². The highest BCUT2D eigenvalue weighted by Gasteiger charge is 2.34. The van der Waals surface area contributed by atoms with Gasteiger partial charge in [0.25, 0.3) is 0 Å². The molecular formula is C9H17NO2. The number of rotatable bonds is 3. The lowest BCUT2D eigenvalue weighted by Crippen LogP contribution is -2.37. The van der Waals surface area contributed by atoms with Gasteiger partial charge in [0, 0.05) is 13.1 Å². The Morgan fingerprint density at radius 1 is 1.67 bits per heavy atom. The highest BCUT2D eigenvalue weighted by molar-refractivity contribution is 5.67. The van der Waals surface area contributed by atoms with Crippen LogP contribution >= 0.6 is 0 Å². The van der Waals surface area contributed by atoms with Gasteiger partial charge in [-0.1, -0.05) is 6.92 Å². The van der Waals surface area contributed by atoms with E-state index in [0.717, 1.165) is 12.3 Å². The Hall–Kier alpha value is -0.730. The summed E-state index contributed by atoms with van der Waals surface area (Å²) in [5.41, 5.74) is 0. The van der Waals surface area contributed by atoms with E-state index in [4.69, 9.17) is 0 Å². The summed E-state index contributed by atoms with van der Waals surface area (Å²) in [6, 6.07) is 0.387. The molecule has 1 atom stereocenters. The highest BCUT2D eigenvalue weighted by Crippen LogP contribution is 2.36. The first-order valence-electron chi connectivity index (χ1n) is 4.51. The molecule has 3 nitrogen and oxygen atoms in total. The smallest absolute Gasteiger partial charge is 0.409 e. The van der Waals surface area contributed by atoms with Crippen molar-refractivity contribution in [1.82, 2.24) is 4.90 Å². The largest absolute Gasteiger partial charge is 0.453 e. The maximum Gasteiger partial charge on any atom is 0.409 e. The molecule has 3 heteroatoms. The molecular weight excluding hydrogens is 154 g/mol. The van der Waals surface area contributed by atoms with E-state index in [-0.39, 0.29) is 6.09 Å². The zero-order valence-electron chi connectivity index (χ0n) is 8.04. The average molecular weight is 171 g/mol. The molecule has 1 amide bonds. The van der Waals surface area contributed by atoms with Gasteiger partial charge < -0.3 is 9.64 Å². The van der Waals surface area contributed by atoms with E-state index < -0.39 is 0 Å². The molecule has 0 radical (unpaired) electrons. The second-order valence-corrected chi connectivity index (χ2v) is 3.39. The molecule has 0 aliphatic heterocycles. The Bertz CT molecular complexity index is 166. The third-order valence-electron chi connectivity index (χ3n) is 2.54. The molecule has 0 bridgehead atoms. The van der Waals surface area contributed by atoms with E-state index in [2.05, 4.69) is 11.7 Å². The number of carbonyl (C=O) groups excluding carboxylic acids is 1. The number of nitrogens with zero attached hydrogens (tertiary/aromatic N) is 1. The monoisotopic (exact) mass is 171 g/mol. The van der Waals surface area contributed by atoms with Gasteiger partial charge in [-0.25, -0.2) is 4.79 Å². The zero-order valence-corrected chi connectivity index (χ0v) is 8.04. The molecule has 0 N–H and O–H groups in total. The second-order valence-electron chi connectivity index (χ2n) is 3.39. The quantitative estimate of drug-likeness (QED) is 0.648. The molecule has 0 heterocycles. The predicted molar refractivity (Wildman–Crippen MR) is 47.0 cm³/mol. The summed E-state index contributed by atoms with van der Waals surface area (Å²) in [6.45, 7) is 2.11. The minimum atomic E-state index is -0.214. The van der Waals surface area contributed by atoms with Gasteiger partial charge in [0.1, 0.15) is 0 Å². The fourth-order valence-electron chi connectivity index (χ4n) is 1.68. The van der Waals surface area contributed by atoms with Crippen molar-refractivity contribution < 1.29 is 9.53 Å². The summed E-state index contributed by atoms with van der Waals surface area (Å²) in [4.78, 5) is 12.9. The van der Waals surface area contributed by atoms with Crippen LogP contribution in [0, 0.1) is 5.92 Å². The Morgan fingerprint density at radius 3 is 2.58 bits per heavy atom. The normalized spacial score (nSPS) is 18.6. The third kappa shape index (κ3) is 1.90. The van der Waals surface area contributed by atoms with Gasteiger partial charge in [0.05, 0.1) is 7.11 Å². The summed E-state index contributed by atoms with van der Waals surface area (Å²) in [7, 11) is 3.25. The van der Waals surface area contributed by atoms with Gasteiger partial charge in [-0.05, 0) is 25.2 Å². The Kier molecular flexibility index (Phi) is 2.95. The molecule has 1 aliphatic rings. The topological polar surface area (TPSA) is 29.5 Å². The lowest BCUT2D eigenvalue weighted by atomic mass is 10.1. The van der Waals surface area contributed by atoms with Crippen molar-refractivity contribution in [2.75, 3.05) is 14.2 Å². The second kappa shape index (κ2) is 3.78. The van der Waals surface area contributed by atoms with Crippen LogP contribution in [0.5, 0.6) is 0 Å². The summed E-state index contributed by atoms with van der Waals surface area (Å²) in [5, 5.41) is 0. The summed E-state index contributed by atoms with van der Waals surface area (Å²) >= 11 is 0. The molecule has 1 saturated carbocycles. The van der Waals surface area contributed by atoms with Crippen LogP contribution in [0.25, 0.3) is 0 Å². The number of hydrogen-bond acceptors (Lipinski definition) is 2. The number of hydrogen-bond donors (Lipinski definition) is 0. The Balaban J connectivity index is 2.46. The van der Waals surface area contributed by atoms with Crippen molar-refractivity contribution in [2.45, 2.75) is 32.2 Å². The van der Waals surface area contributed by atoms with Gasteiger partial charge in [0.2, 0.25) is 0 Å². The molecule has 1 rings (SSSR count). The van der Waals surface area contributed by atoms with Crippen molar-refractivity contribution in [3.8, 4) is 0 Å². The number of ether oxygens (including phenoxy) is 1. The fraction of sp³-hybridized carbons (Fsp3) is 0.889. The van der Waals surface area contributed by atoms with Crippen molar-refractivity contribution in [3.05, 3.63) is 0 Å². The molecule has 70 valence electrons. The van der Waals surface area contributed by atoms with Crippen LogP contribution in [-0.4, -0.2) is 31.2 Å². The first kappa shape index (κ1) is 9.36. The molecule has 1 fully saturated rings. The number of methoxy groups -OCH3 is 1. The molecule has 0 spiro atoms. The summed E-state index contributed by atoms with van der Waals surface area (Å²) < 4.78 is 4.66. The van der Waals surface area contributed by atoms with E-state index in [1.54, 1.807) is 4.90 Å². The average Bonchev–Trinajstić information content (AvgIpc) is 2.88. The lowest BCUT2D eigenvalue weighted by Gasteiger charge is -2.25. The van der Waals surface area contributed by atoms with Crippen molar-refractivity contribution in [1.29, 1.82) is 0 Å². The molecule has 0 saturated heterocycles. The Morgan fingerprint density at radius 2 is 2.25 bits per heavy atom. The first-order valence-corrected chi connectivity index (χ1v) is 4.51. The van der Waals surface area contributed by atoms with Crippen LogP contribution in [0.1, 0.15) is 26.2 Å². The molecule has 1 aliphatic carbocycles. The van der Waals surface area contributed by atoms with Crippen molar-refractivity contribution >= 4 is 6.09 Å². The minimum absolute atomic E-state index is 0.214. The lowest BCUT2D eigenvalue weighted by molar-refractivity contribution is 0.111. The van der Waals surface area contributed by atoms with Crippen LogP contribution in [-0.2, 0) is 4.74 Å². The van der Waals surface area contributed by atoms with Gasteiger partial charge in [-0.3, -0.25) is 0 Å². The van der Waals surface area contributed by atoms with Gasteiger partial charge >= 0.3 is 6.09 Å². The standard InChI is InChI=1S/C9H17NO2/c1-4-8(7-5-6-7)10(2)9(11)12-3/h7-8H,4-6H2,1-3H3. The van der Waals surface area contributed by atoms with E-state index in [1.807, 2.05) is 7.05 Å². The Labute approximate surface area is 73.7 Å². The first-order chi connectivity index (χ1) is 5.70. The van der Waals surface area contributed by atoms with Crippen LogP contribution in [0.2, 0.25) is 0 Å². The van der Waals surface area contributed by atoms with Crippen molar-refractivity contribution in [3.63, 3.8) is 0 Å². The molecule has 0 aromatic carbocycles. The van der Waals surface area contributed by atoms with Crippen LogP contribution < -0.4 is 0 Å². The fourth-order valence-corrected chi connectivity index (χ4v) is 1.68. The van der Waals surface area contributed by atoms with Crippen LogP contribution in [0.15, 0.2) is 0 Å². The van der Waals surface area contributed by atoms with E-state index >= 15 is 0 Å². The van der Waals surface area contributed by atoms with E-state index in [9.17, 15) is 4.79 Å². The highest BCUT2D eigenvalue weighted by atomic mass is 16.5. The van der Waals surface area contributed by atoms with Gasteiger partial charge in [-0.15, -0.1) is 0 Å². The van der Waals surface area contributed by atoms with Gasteiger partial charge in [0.15, 0.2) is 0 Å². The van der Waals surface area contributed by atoms with Crippen molar-refractivity contribution in [2.24, 2.45) is 5.92 Å². The minimum Gasteiger partial charge on any atom is -0.453 e. The molecule has 0 aromatic rings. The van der Waals surface area contributed by atoms with Gasteiger partial charge in [-0.2, -0.15) is 0 Å². The predicted octanol–water partition coefficient (Wildman–Crippen LogP) is 1.87. The number of amides is 1. The maximum absolute atomic E-state index is 11.1. The third-order valence-corrected chi connectivity index (χ3v) is 2.54. The summed E-state index contributed by atoms with van der Waals surface area (Å²) in [5.74, 6) is 0.721. The molecule has 0 aromatic heterocycles. The SMILES string of the molecule is CCC(C1CC1)N(C)C(=O)OC. The maximum atomic E-state index is 11.1. The zero-order chi connectivity index (χ0) is 9.14. The van der Waals surface area contributed by atoms with Crippen LogP contribution in [0.4, 0.5) is 4.79 Å². The molecule has 12 heavy (non-hydrogen) atoms. The van der Waals surface area contributed by atoms with E-state index in [0.29, 0.717) is 6.04 Å². The summed E-state index contributed by atoms with van der Waals surface area (Å²) in [6.07, 6.45) is 3.34. The molecule has 1 unspecified atom stereocenters. The number of carbonyl (C=O) groups is 1.